The minimum Gasteiger partial charge on any atom is -0.392 e. The highest BCUT2D eigenvalue weighted by Crippen LogP contribution is 2.38. The number of hydrogen-bond donors (Lipinski definition) is 2. The Labute approximate surface area is 207 Å². The first-order valence-corrected chi connectivity index (χ1v) is 12.4. The van der Waals surface area contributed by atoms with Crippen LogP contribution in [0.25, 0.3) is 11.1 Å². The van der Waals surface area contributed by atoms with Crippen molar-refractivity contribution >= 4 is 0 Å². The number of aliphatic hydroxyl groups is 1. The third-order valence-electron chi connectivity index (χ3n) is 6.91. The zero-order valence-corrected chi connectivity index (χ0v) is 20.0. The summed E-state index contributed by atoms with van der Waals surface area (Å²) >= 11 is 0. The first-order chi connectivity index (χ1) is 17.2. The molecule has 6 heteroatoms. The van der Waals surface area contributed by atoms with Crippen LogP contribution in [0.4, 0.5) is 0 Å². The van der Waals surface area contributed by atoms with Gasteiger partial charge in [0.25, 0.3) is 0 Å². The van der Waals surface area contributed by atoms with Gasteiger partial charge in [-0.15, -0.1) is 0 Å². The number of morpholine rings is 1. The van der Waals surface area contributed by atoms with Crippen molar-refractivity contribution in [2.24, 2.45) is 5.73 Å². The second kappa shape index (κ2) is 11.4. The lowest BCUT2D eigenvalue weighted by molar-refractivity contribution is -0.253. The van der Waals surface area contributed by atoms with Gasteiger partial charge < -0.3 is 25.1 Å². The molecule has 0 aliphatic carbocycles. The van der Waals surface area contributed by atoms with E-state index in [2.05, 4.69) is 53.4 Å². The Bertz CT molecular complexity index is 1080. The monoisotopic (exact) mass is 474 g/mol. The van der Waals surface area contributed by atoms with Gasteiger partial charge in [0.15, 0.2) is 6.29 Å². The number of nitrogens with zero attached hydrogens (tertiary/aromatic N) is 1. The average Bonchev–Trinajstić information content (AvgIpc) is 2.93. The van der Waals surface area contributed by atoms with Gasteiger partial charge in [-0.2, -0.15) is 0 Å². The molecule has 0 spiro atoms. The van der Waals surface area contributed by atoms with Crippen molar-refractivity contribution in [1.82, 2.24) is 4.90 Å². The molecule has 2 aliphatic heterocycles. The van der Waals surface area contributed by atoms with E-state index in [4.69, 9.17) is 19.9 Å². The molecule has 6 nitrogen and oxygen atoms in total. The highest BCUT2D eigenvalue weighted by atomic mass is 16.7. The number of aliphatic hydroxyl groups excluding tert-OH is 1. The molecule has 3 N–H and O–H groups in total. The molecule has 2 saturated heterocycles. The molecule has 0 saturated carbocycles. The quantitative estimate of drug-likeness (QED) is 0.535. The van der Waals surface area contributed by atoms with E-state index in [1.165, 1.54) is 0 Å². The van der Waals surface area contributed by atoms with E-state index in [1.54, 1.807) is 0 Å². The smallest absolute Gasteiger partial charge is 0.184 e. The van der Waals surface area contributed by atoms with Crippen LogP contribution in [0.1, 0.15) is 41.1 Å². The normalized spacial score (nSPS) is 23.3. The summed E-state index contributed by atoms with van der Waals surface area (Å²) in [5, 5.41) is 9.42. The van der Waals surface area contributed by atoms with Gasteiger partial charge in [0.2, 0.25) is 0 Å². The first kappa shape index (κ1) is 24.1. The van der Waals surface area contributed by atoms with Crippen molar-refractivity contribution in [3.8, 4) is 11.1 Å². The molecule has 0 bridgehead atoms. The summed E-state index contributed by atoms with van der Waals surface area (Å²) in [5.74, 6) is 0. The number of nitrogens with two attached hydrogens (primary N) is 1. The lowest BCUT2D eigenvalue weighted by Gasteiger charge is -2.39. The van der Waals surface area contributed by atoms with Gasteiger partial charge in [0.05, 0.1) is 32.0 Å². The summed E-state index contributed by atoms with van der Waals surface area (Å²) in [5.41, 5.74) is 12.4. The molecule has 3 aromatic rings. The van der Waals surface area contributed by atoms with E-state index in [-0.39, 0.29) is 18.8 Å². The third kappa shape index (κ3) is 5.81. The molecule has 0 aromatic heterocycles. The molecule has 3 atom stereocenters. The fourth-order valence-electron chi connectivity index (χ4n) is 4.90. The molecule has 5 rings (SSSR count). The van der Waals surface area contributed by atoms with E-state index in [1.807, 2.05) is 24.3 Å². The van der Waals surface area contributed by atoms with Crippen LogP contribution in [0.15, 0.2) is 72.8 Å². The Morgan fingerprint density at radius 1 is 0.857 bits per heavy atom. The maximum Gasteiger partial charge on any atom is 0.184 e. The van der Waals surface area contributed by atoms with Crippen LogP contribution in [0.2, 0.25) is 0 Å². The second-order valence-corrected chi connectivity index (χ2v) is 9.25. The van der Waals surface area contributed by atoms with E-state index in [0.717, 1.165) is 72.6 Å². The van der Waals surface area contributed by atoms with Gasteiger partial charge >= 0.3 is 0 Å². The Balaban J connectivity index is 1.37. The van der Waals surface area contributed by atoms with Crippen molar-refractivity contribution in [3.63, 3.8) is 0 Å². The highest BCUT2D eigenvalue weighted by molar-refractivity contribution is 5.67. The predicted octanol–water partition coefficient (Wildman–Crippen LogP) is 4.18. The van der Waals surface area contributed by atoms with Gasteiger partial charge in [0, 0.05) is 38.2 Å². The Hall–Kier alpha value is -2.58. The van der Waals surface area contributed by atoms with E-state index < -0.39 is 6.29 Å². The number of benzene rings is 3. The summed E-state index contributed by atoms with van der Waals surface area (Å²) in [6, 6.07) is 24.7. The maximum absolute atomic E-state index is 9.42. The third-order valence-corrected chi connectivity index (χ3v) is 6.91. The summed E-state index contributed by atoms with van der Waals surface area (Å²) in [6.07, 6.45) is 0.308. The largest absolute Gasteiger partial charge is 0.392 e. The number of hydrogen-bond acceptors (Lipinski definition) is 6. The molecule has 3 aromatic carbocycles. The van der Waals surface area contributed by atoms with Gasteiger partial charge in [-0.25, -0.2) is 0 Å². The van der Waals surface area contributed by atoms with Crippen molar-refractivity contribution in [3.05, 3.63) is 95.1 Å². The summed E-state index contributed by atoms with van der Waals surface area (Å²) in [4.78, 5) is 2.41. The fraction of sp³-hybridized carbons (Fsp3) is 0.379. The molecule has 2 fully saturated rings. The van der Waals surface area contributed by atoms with Crippen LogP contribution < -0.4 is 5.73 Å². The summed E-state index contributed by atoms with van der Waals surface area (Å²) < 4.78 is 18.5. The van der Waals surface area contributed by atoms with Crippen LogP contribution in [-0.4, -0.2) is 49.0 Å². The summed E-state index contributed by atoms with van der Waals surface area (Å²) in [6.45, 7) is 4.79. The lowest BCUT2D eigenvalue weighted by atomic mass is 9.97. The molecule has 0 unspecified atom stereocenters. The average molecular weight is 475 g/mol. The van der Waals surface area contributed by atoms with E-state index >= 15 is 0 Å². The standard InChI is InChI=1S/C29H34N2O4/c30-18-25-3-1-2-4-27(25)22-9-11-24(12-10-22)29-34-26(19-31-13-15-33-16-14-31)17-28(35-29)23-7-5-21(20-32)6-8-23/h1-12,26,28-29,32H,13-20,30H2/t26-,28+,29+/m1/s1. The molecule has 184 valence electrons. The van der Waals surface area contributed by atoms with Gasteiger partial charge in [-0.1, -0.05) is 72.8 Å². The highest BCUT2D eigenvalue weighted by Gasteiger charge is 2.33. The van der Waals surface area contributed by atoms with Crippen LogP contribution in [-0.2, 0) is 27.4 Å². The van der Waals surface area contributed by atoms with Crippen LogP contribution in [0.3, 0.4) is 0 Å². The fourth-order valence-corrected chi connectivity index (χ4v) is 4.90. The van der Waals surface area contributed by atoms with Crippen LogP contribution in [0.5, 0.6) is 0 Å². The van der Waals surface area contributed by atoms with Gasteiger partial charge in [-0.3, -0.25) is 4.90 Å². The zero-order chi connectivity index (χ0) is 24.0. The van der Waals surface area contributed by atoms with Gasteiger partial charge in [-0.05, 0) is 27.8 Å². The van der Waals surface area contributed by atoms with Crippen LogP contribution >= 0.6 is 0 Å². The van der Waals surface area contributed by atoms with E-state index in [9.17, 15) is 5.11 Å². The summed E-state index contributed by atoms with van der Waals surface area (Å²) in [7, 11) is 0. The van der Waals surface area contributed by atoms with Crippen molar-refractivity contribution in [2.75, 3.05) is 32.8 Å². The zero-order valence-electron chi connectivity index (χ0n) is 20.0. The molecule has 0 amide bonds. The minimum absolute atomic E-state index is 0.0385. The maximum atomic E-state index is 9.42. The second-order valence-electron chi connectivity index (χ2n) is 9.25. The van der Waals surface area contributed by atoms with Crippen molar-refractivity contribution < 1.29 is 19.3 Å². The minimum atomic E-state index is -0.448. The number of rotatable bonds is 7. The molecular formula is C29H34N2O4. The Morgan fingerprint density at radius 3 is 2.29 bits per heavy atom. The van der Waals surface area contributed by atoms with E-state index in [0.29, 0.717) is 6.54 Å². The van der Waals surface area contributed by atoms with Crippen LogP contribution in [0, 0.1) is 0 Å². The molecule has 35 heavy (non-hydrogen) atoms. The first-order valence-electron chi connectivity index (χ1n) is 12.4. The topological polar surface area (TPSA) is 77.2 Å². The number of ether oxygens (including phenoxy) is 3. The van der Waals surface area contributed by atoms with Crippen molar-refractivity contribution in [2.45, 2.75) is 38.1 Å². The van der Waals surface area contributed by atoms with Gasteiger partial charge in [0.1, 0.15) is 0 Å². The lowest BCUT2D eigenvalue weighted by Crippen LogP contribution is -2.44. The predicted molar refractivity (Wildman–Crippen MR) is 135 cm³/mol. The molecule has 2 aliphatic rings. The molecule has 0 radical (unpaired) electrons. The Morgan fingerprint density at radius 2 is 1.57 bits per heavy atom. The van der Waals surface area contributed by atoms with Crippen molar-refractivity contribution in [1.29, 1.82) is 0 Å². The molecular weight excluding hydrogens is 440 g/mol. The SMILES string of the molecule is NCc1ccccc1-c1ccc([C@H]2O[C@@H](CN3CCOCC3)C[C@@H](c3ccc(CO)cc3)O2)cc1. The molecule has 2 heterocycles. The Kier molecular flexibility index (Phi) is 7.88.